The van der Waals surface area contributed by atoms with Crippen molar-refractivity contribution in [3.05, 3.63) is 58.3 Å². The van der Waals surface area contributed by atoms with Crippen molar-refractivity contribution in [1.82, 2.24) is 4.98 Å². The molecule has 1 aliphatic heterocycles. The molecular weight excluding hydrogens is 292 g/mol. The molecule has 1 saturated heterocycles. The zero-order valence-electron chi connectivity index (χ0n) is 12.9. The van der Waals surface area contributed by atoms with Crippen LogP contribution in [-0.2, 0) is 6.54 Å². The molecule has 0 radical (unpaired) electrons. The Kier molecular flexibility index (Phi) is 4.71. The normalized spacial score (nSPS) is 14.5. The zero-order chi connectivity index (χ0) is 16.1. The van der Waals surface area contributed by atoms with Crippen molar-refractivity contribution in [2.24, 2.45) is 0 Å². The molecular formula is C17H20N4O2. The molecule has 0 bridgehead atoms. The van der Waals surface area contributed by atoms with E-state index in [4.69, 9.17) is 0 Å². The lowest BCUT2D eigenvalue weighted by molar-refractivity contribution is -0.383. The van der Waals surface area contributed by atoms with Gasteiger partial charge in [0.1, 0.15) is 5.69 Å². The molecule has 1 N–H and O–H groups in total. The van der Waals surface area contributed by atoms with E-state index in [-0.39, 0.29) is 10.6 Å². The van der Waals surface area contributed by atoms with Gasteiger partial charge in [-0.05, 0) is 30.9 Å². The average molecular weight is 312 g/mol. The molecule has 0 spiro atoms. The predicted octanol–water partition coefficient (Wildman–Crippen LogP) is 3.59. The summed E-state index contributed by atoms with van der Waals surface area (Å²) in [4.78, 5) is 17.6. The van der Waals surface area contributed by atoms with Crippen LogP contribution in [0.2, 0.25) is 0 Å². The van der Waals surface area contributed by atoms with Gasteiger partial charge in [-0.2, -0.15) is 0 Å². The van der Waals surface area contributed by atoms with Crippen molar-refractivity contribution in [2.75, 3.05) is 23.3 Å². The molecule has 0 atom stereocenters. The minimum Gasteiger partial charge on any atom is -0.366 e. The highest BCUT2D eigenvalue weighted by atomic mass is 16.6. The number of rotatable bonds is 5. The summed E-state index contributed by atoms with van der Waals surface area (Å²) < 4.78 is 0. The second-order valence-electron chi connectivity index (χ2n) is 5.67. The summed E-state index contributed by atoms with van der Waals surface area (Å²) in [6, 6.07) is 11.5. The van der Waals surface area contributed by atoms with Crippen LogP contribution in [-0.4, -0.2) is 23.0 Å². The van der Waals surface area contributed by atoms with Crippen LogP contribution in [0.15, 0.2) is 42.6 Å². The van der Waals surface area contributed by atoms with Gasteiger partial charge in [-0.1, -0.05) is 30.3 Å². The highest BCUT2D eigenvalue weighted by Gasteiger charge is 2.25. The first-order chi connectivity index (χ1) is 11.3. The van der Waals surface area contributed by atoms with Crippen LogP contribution in [0.25, 0.3) is 0 Å². The topological polar surface area (TPSA) is 71.3 Å². The number of nitrogens with zero attached hydrogens (tertiary/aromatic N) is 3. The first kappa shape index (κ1) is 15.3. The van der Waals surface area contributed by atoms with Crippen LogP contribution in [0, 0.1) is 10.1 Å². The molecule has 23 heavy (non-hydrogen) atoms. The highest BCUT2D eigenvalue weighted by molar-refractivity contribution is 5.74. The molecule has 120 valence electrons. The van der Waals surface area contributed by atoms with Crippen molar-refractivity contribution in [3.63, 3.8) is 0 Å². The maximum atomic E-state index is 11.6. The van der Waals surface area contributed by atoms with Gasteiger partial charge >= 0.3 is 5.69 Å². The molecule has 0 amide bonds. The van der Waals surface area contributed by atoms with E-state index in [0.717, 1.165) is 31.5 Å². The molecule has 2 aromatic rings. The standard InChI is InChI=1S/C17H20N4O2/c22-21(23)16-15(20-11-5-2-6-12-20)9-10-18-17(16)19-13-14-7-3-1-4-8-14/h1,3-4,7-10H,2,5-6,11-13H2,(H,18,19). The van der Waals surface area contributed by atoms with E-state index in [9.17, 15) is 10.1 Å². The molecule has 1 aliphatic rings. The Hall–Kier alpha value is -2.63. The molecule has 0 aliphatic carbocycles. The van der Waals surface area contributed by atoms with Gasteiger partial charge in [-0.3, -0.25) is 10.1 Å². The van der Waals surface area contributed by atoms with Gasteiger partial charge in [-0.15, -0.1) is 0 Å². The molecule has 6 nitrogen and oxygen atoms in total. The number of piperidine rings is 1. The van der Waals surface area contributed by atoms with Crippen molar-refractivity contribution < 1.29 is 4.92 Å². The third-order valence-electron chi connectivity index (χ3n) is 4.09. The van der Waals surface area contributed by atoms with Gasteiger partial charge in [0.25, 0.3) is 0 Å². The third kappa shape index (κ3) is 3.59. The largest absolute Gasteiger partial charge is 0.366 e. The number of hydrogen-bond donors (Lipinski definition) is 1. The van der Waals surface area contributed by atoms with Gasteiger partial charge in [-0.25, -0.2) is 4.98 Å². The number of anilines is 2. The Bertz CT molecular complexity index is 670. The number of hydrogen-bond acceptors (Lipinski definition) is 5. The van der Waals surface area contributed by atoms with Gasteiger partial charge in [0, 0.05) is 25.8 Å². The molecule has 1 aromatic heterocycles. The number of benzene rings is 1. The Morgan fingerprint density at radius 2 is 1.87 bits per heavy atom. The van der Waals surface area contributed by atoms with E-state index >= 15 is 0 Å². The Morgan fingerprint density at radius 3 is 2.57 bits per heavy atom. The summed E-state index contributed by atoms with van der Waals surface area (Å²) in [5.41, 5.74) is 1.80. The fraction of sp³-hybridized carbons (Fsp3) is 0.353. The lowest BCUT2D eigenvalue weighted by Gasteiger charge is -2.28. The summed E-state index contributed by atoms with van der Waals surface area (Å²) in [5.74, 6) is 0.335. The molecule has 0 unspecified atom stereocenters. The fourth-order valence-corrected chi connectivity index (χ4v) is 2.92. The summed E-state index contributed by atoms with van der Waals surface area (Å²) in [6.07, 6.45) is 4.98. The van der Waals surface area contributed by atoms with Crippen molar-refractivity contribution in [1.29, 1.82) is 0 Å². The first-order valence-electron chi connectivity index (χ1n) is 7.92. The molecule has 2 heterocycles. The molecule has 6 heteroatoms. The van der Waals surface area contributed by atoms with Gasteiger partial charge in [0.15, 0.2) is 0 Å². The highest BCUT2D eigenvalue weighted by Crippen LogP contribution is 2.35. The fourth-order valence-electron chi connectivity index (χ4n) is 2.92. The number of nitro groups is 1. The van der Waals surface area contributed by atoms with E-state index in [2.05, 4.69) is 15.2 Å². The Balaban J connectivity index is 1.85. The number of aromatic nitrogens is 1. The molecule has 3 rings (SSSR count). The van der Waals surface area contributed by atoms with Crippen LogP contribution in [0.3, 0.4) is 0 Å². The monoisotopic (exact) mass is 312 g/mol. The quantitative estimate of drug-likeness (QED) is 0.675. The zero-order valence-corrected chi connectivity index (χ0v) is 12.9. The molecule has 1 fully saturated rings. The van der Waals surface area contributed by atoms with Crippen molar-refractivity contribution in [3.8, 4) is 0 Å². The van der Waals surface area contributed by atoms with Crippen LogP contribution in [0.1, 0.15) is 24.8 Å². The third-order valence-corrected chi connectivity index (χ3v) is 4.09. The maximum Gasteiger partial charge on any atom is 0.334 e. The lowest BCUT2D eigenvalue weighted by Crippen LogP contribution is -2.30. The smallest absolute Gasteiger partial charge is 0.334 e. The SMILES string of the molecule is O=[N+]([O-])c1c(N2CCCCC2)ccnc1NCc1ccccc1. The maximum absolute atomic E-state index is 11.6. The molecule has 0 saturated carbocycles. The Labute approximate surface area is 135 Å². The second-order valence-corrected chi connectivity index (χ2v) is 5.67. The van der Waals surface area contributed by atoms with Crippen molar-refractivity contribution >= 4 is 17.2 Å². The van der Waals surface area contributed by atoms with Crippen LogP contribution in [0.4, 0.5) is 17.2 Å². The first-order valence-corrected chi connectivity index (χ1v) is 7.92. The van der Waals surface area contributed by atoms with Gasteiger partial charge < -0.3 is 10.2 Å². The van der Waals surface area contributed by atoms with E-state index in [1.807, 2.05) is 30.3 Å². The minimum atomic E-state index is -0.329. The van der Waals surface area contributed by atoms with E-state index in [1.165, 1.54) is 6.42 Å². The van der Waals surface area contributed by atoms with Gasteiger partial charge in [0.05, 0.1) is 4.92 Å². The number of pyridine rings is 1. The summed E-state index contributed by atoms with van der Waals surface area (Å²) in [7, 11) is 0. The minimum absolute atomic E-state index is 0.0744. The summed E-state index contributed by atoms with van der Waals surface area (Å²) >= 11 is 0. The summed E-state index contributed by atoms with van der Waals surface area (Å²) in [5, 5.41) is 14.7. The lowest BCUT2D eigenvalue weighted by atomic mass is 10.1. The Morgan fingerprint density at radius 1 is 1.13 bits per heavy atom. The predicted molar refractivity (Wildman–Crippen MR) is 90.7 cm³/mol. The van der Waals surface area contributed by atoms with Gasteiger partial charge in [0.2, 0.25) is 5.82 Å². The second kappa shape index (κ2) is 7.09. The molecule has 1 aromatic carbocycles. The van der Waals surface area contributed by atoms with E-state index in [0.29, 0.717) is 18.1 Å². The van der Waals surface area contributed by atoms with Crippen LogP contribution >= 0.6 is 0 Å². The summed E-state index contributed by atoms with van der Waals surface area (Å²) in [6.45, 7) is 2.24. The van der Waals surface area contributed by atoms with Crippen LogP contribution < -0.4 is 10.2 Å². The average Bonchev–Trinajstić information content (AvgIpc) is 2.61. The van der Waals surface area contributed by atoms with Crippen LogP contribution in [0.5, 0.6) is 0 Å². The van der Waals surface area contributed by atoms with E-state index < -0.39 is 0 Å². The van der Waals surface area contributed by atoms with E-state index in [1.54, 1.807) is 12.3 Å². The number of nitrogens with one attached hydrogen (secondary N) is 1. The van der Waals surface area contributed by atoms with Crippen molar-refractivity contribution in [2.45, 2.75) is 25.8 Å².